The molecule has 1 aromatic heterocycles. The smallest absolute Gasteiger partial charge is 0.253 e. The van der Waals surface area contributed by atoms with Gasteiger partial charge in [0.1, 0.15) is 18.2 Å². The monoisotopic (exact) mass is 462 g/mol. The predicted octanol–water partition coefficient (Wildman–Crippen LogP) is 4.55. The van der Waals surface area contributed by atoms with Crippen molar-refractivity contribution in [2.75, 3.05) is 19.7 Å². The fraction of sp³-hybridized carbons (Fsp3) is 0.296. The number of Topliss-reactive ketones (excluding diaryl/α,β-unsaturated/α-hetero) is 1. The molecule has 1 atom stereocenters. The second-order valence-electron chi connectivity index (χ2n) is 8.87. The summed E-state index contributed by atoms with van der Waals surface area (Å²) < 4.78 is 32.9. The maximum atomic E-state index is 13.9. The van der Waals surface area contributed by atoms with Gasteiger partial charge in [0.05, 0.1) is 5.69 Å². The number of fused-ring (bicyclic) bond motifs is 1. The topological polar surface area (TPSA) is 59.5 Å². The van der Waals surface area contributed by atoms with E-state index in [1.54, 1.807) is 42.5 Å². The Hall–Kier alpha value is -3.61. The summed E-state index contributed by atoms with van der Waals surface area (Å²) in [6.07, 6.45) is 1.69. The van der Waals surface area contributed by atoms with Gasteiger partial charge in [-0.15, -0.1) is 0 Å². The van der Waals surface area contributed by atoms with E-state index in [0.717, 1.165) is 11.1 Å². The van der Waals surface area contributed by atoms with Crippen molar-refractivity contribution in [3.63, 3.8) is 0 Å². The van der Waals surface area contributed by atoms with Crippen LogP contribution in [-0.4, -0.2) is 41.3 Å². The van der Waals surface area contributed by atoms with E-state index in [0.29, 0.717) is 42.9 Å². The zero-order chi connectivity index (χ0) is 23.7. The van der Waals surface area contributed by atoms with Crippen LogP contribution in [-0.2, 0) is 11.2 Å². The molecule has 0 radical (unpaired) electrons. The molecule has 3 aromatic rings. The normalized spacial score (nSPS) is 17.1. The molecule has 3 heterocycles. The lowest BCUT2D eigenvalue weighted by atomic mass is 9.78. The first kappa shape index (κ1) is 22.2. The number of nitrogens with zero attached hydrogens (tertiary/aromatic N) is 2. The Morgan fingerprint density at radius 3 is 2.53 bits per heavy atom. The summed E-state index contributed by atoms with van der Waals surface area (Å²) in [4.78, 5) is 30.8. The van der Waals surface area contributed by atoms with Crippen LogP contribution in [0, 0.1) is 17.7 Å². The van der Waals surface area contributed by atoms with E-state index >= 15 is 0 Å². The Morgan fingerprint density at radius 1 is 1.03 bits per heavy atom. The SMILES string of the molecule is O=C1COc2ccc(C(=O)N3CCC([C@@H](c4ccc(F)cc4)c4cccc(F)n4)CC3)cc2C1. The van der Waals surface area contributed by atoms with Crippen molar-refractivity contribution in [3.8, 4) is 5.75 Å². The summed E-state index contributed by atoms with van der Waals surface area (Å²) in [6.45, 7) is 1.16. The van der Waals surface area contributed by atoms with Crippen LogP contribution in [0.25, 0.3) is 0 Å². The molecule has 1 fully saturated rings. The second kappa shape index (κ2) is 9.33. The molecule has 2 aromatic carbocycles. The van der Waals surface area contributed by atoms with Crippen molar-refractivity contribution < 1.29 is 23.1 Å². The van der Waals surface area contributed by atoms with Gasteiger partial charge in [-0.3, -0.25) is 9.59 Å². The van der Waals surface area contributed by atoms with E-state index in [1.165, 1.54) is 18.2 Å². The minimum atomic E-state index is -0.549. The van der Waals surface area contributed by atoms with Crippen molar-refractivity contribution in [3.05, 3.63) is 94.8 Å². The quantitative estimate of drug-likeness (QED) is 0.534. The lowest BCUT2D eigenvalue weighted by Gasteiger charge is -2.36. The number of amides is 1. The Morgan fingerprint density at radius 2 is 1.79 bits per heavy atom. The number of likely N-dealkylation sites (tertiary alicyclic amines) is 1. The highest BCUT2D eigenvalue weighted by Crippen LogP contribution is 2.38. The molecule has 5 rings (SSSR count). The van der Waals surface area contributed by atoms with E-state index < -0.39 is 5.95 Å². The lowest BCUT2D eigenvalue weighted by molar-refractivity contribution is -0.121. The first-order chi connectivity index (χ1) is 16.5. The average Bonchev–Trinajstić information content (AvgIpc) is 2.85. The molecule has 0 aliphatic carbocycles. The number of carbonyl (C=O) groups is 2. The first-order valence-electron chi connectivity index (χ1n) is 11.4. The highest BCUT2D eigenvalue weighted by atomic mass is 19.1. The molecule has 0 N–H and O–H groups in total. The molecule has 34 heavy (non-hydrogen) atoms. The first-order valence-corrected chi connectivity index (χ1v) is 11.4. The van der Waals surface area contributed by atoms with E-state index in [4.69, 9.17) is 4.74 Å². The van der Waals surface area contributed by atoms with Gasteiger partial charge in [-0.2, -0.15) is 4.39 Å². The zero-order valence-corrected chi connectivity index (χ0v) is 18.5. The van der Waals surface area contributed by atoms with Crippen LogP contribution < -0.4 is 4.74 Å². The van der Waals surface area contributed by atoms with Crippen molar-refractivity contribution in [2.24, 2.45) is 5.92 Å². The van der Waals surface area contributed by atoms with Gasteiger partial charge in [-0.1, -0.05) is 18.2 Å². The van der Waals surface area contributed by atoms with Crippen LogP contribution in [0.4, 0.5) is 8.78 Å². The molecule has 1 saturated heterocycles. The number of hydrogen-bond donors (Lipinski definition) is 0. The third kappa shape index (κ3) is 4.55. The Balaban J connectivity index is 1.33. The van der Waals surface area contributed by atoms with Gasteiger partial charge in [0, 0.05) is 36.6 Å². The molecule has 0 spiro atoms. The van der Waals surface area contributed by atoms with Gasteiger partial charge >= 0.3 is 0 Å². The molecule has 0 bridgehead atoms. The minimum absolute atomic E-state index is 0.00398. The highest BCUT2D eigenvalue weighted by Gasteiger charge is 2.32. The van der Waals surface area contributed by atoms with Crippen LogP contribution in [0.15, 0.2) is 60.7 Å². The molecular formula is C27H24F2N2O3. The largest absolute Gasteiger partial charge is 0.486 e. The lowest BCUT2D eigenvalue weighted by Crippen LogP contribution is -2.40. The van der Waals surface area contributed by atoms with Gasteiger partial charge in [-0.25, -0.2) is 9.37 Å². The fourth-order valence-corrected chi connectivity index (χ4v) is 4.98. The molecule has 1 amide bonds. The van der Waals surface area contributed by atoms with Gasteiger partial charge in [-0.05, 0) is 66.8 Å². The summed E-state index contributed by atoms with van der Waals surface area (Å²) in [7, 11) is 0. The predicted molar refractivity (Wildman–Crippen MR) is 122 cm³/mol. The third-order valence-electron chi connectivity index (χ3n) is 6.67. The van der Waals surface area contributed by atoms with E-state index in [1.807, 2.05) is 4.90 Å². The van der Waals surface area contributed by atoms with Crippen LogP contribution in [0.3, 0.4) is 0 Å². The Kier molecular flexibility index (Phi) is 6.09. The number of ketones is 1. The number of carbonyl (C=O) groups excluding carboxylic acids is 2. The molecule has 7 heteroatoms. The van der Waals surface area contributed by atoms with E-state index in [-0.39, 0.29) is 42.4 Å². The number of piperidine rings is 1. The third-order valence-corrected chi connectivity index (χ3v) is 6.67. The molecule has 0 saturated carbocycles. The summed E-state index contributed by atoms with van der Waals surface area (Å²) in [6, 6.07) is 16.2. The number of rotatable bonds is 4. The van der Waals surface area contributed by atoms with Gasteiger partial charge < -0.3 is 9.64 Å². The maximum absolute atomic E-state index is 13.9. The number of benzene rings is 2. The number of ether oxygens (including phenoxy) is 1. The standard InChI is InChI=1S/C27H24F2N2O3/c28-21-7-4-17(5-8-21)26(23-2-1-3-25(29)30-23)18-10-12-31(13-11-18)27(33)19-6-9-24-20(14-19)15-22(32)16-34-24/h1-9,14,18,26H,10-13,15-16H2/t26-/m1/s1. The van der Waals surface area contributed by atoms with Gasteiger partial charge in [0.15, 0.2) is 5.78 Å². The minimum Gasteiger partial charge on any atom is -0.486 e. The van der Waals surface area contributed by atoms with Crippen LogP contribution in [0.5, 0.6) is 5.75 Å². The van der Waals surface area contributed by atoms with E-state index in [2.05, 4.69) is 4.98 Å². The Bertz CT molecular complexity index is 1220. The molecule has 5 nitrogen and oxygen atoms in total. The Labute approximate surface area is 196 Å². The number of halogens is 2. The van der Waals surface area contributed by atoms with Crippen LogP contribution in [0.2, 0.25) is 0 Å². The summed E-state index contributed by atoms with van der Waals surface area (Å²) >= 11 is 0. The zero-order valence-electron chi connectivity index (χ0n) is 18.5. The highest BCUT2D eigenvalue weighted by molar-refractivity contribution is 5.95. The summed E-state index contributed by atoms with van der Waals surface area (Å²) in [5.41, 5.74) is 2.77. The molecule has 2 aliphatic heterocycles. The number of pyridine rings is 1. The van der Waals surface area contributed by atoms with Crippen molar-refractivity contribution >= 4 is 11.7 Å². The van der Waals surface area contributed by atoms with Crippen molar-refractivity contribution in [1.29, 1.82) is 0 Å². The summed E-state index contributed by atoms with van der Waals surface area (Å²) in [5, 5.41) is 0. The molecule has 2 aliphatic rings. The van der Waals surface area contributed by atoms with Gasteiger partial charge in [0.25, 0.3) is 5.91 Å². The molecule has 174 valence electrons. The molecular weight excluding hydrogens is 438 g/mol. The molecule has 0 unspecified atom stereocenters. The maximum Gasteiger partial charge on any atom is 0.253 e. The van der Waals surface area contributed by atoms with Crippen LogP contribution >= 0.6 is 0 Å². The van der Waals surface area contributed by atoms with Crippen LogP contribution in [0.1, 0.15) is 45.9 Å². The second-order valence-corrected chi connectivity index (χ2v) is 8.87. The fourth-order valence-electron chi connectivity index (χ4n) is 4.98. The van der Waals surface area contributed by atoms with Crippen molar-refractivity contribution in [2.45, 2.75) is 25.2 Å². The van der Waals surface area contributed by atoms with E-state index in [9.17, 15) is 18.4 Å². The van der Waals surface area contributed by atoms with Gasteiger partial charge in [0.2, 0.25) is 5.95 Å². The number of hydrogen-bond acceptors (Lipinski definition) is 4. The summed E-state index contributed by atoms with van der Waals surface area (Å²) in [5.74, 6) is -0.380. The van der Waals surface area contributed by atoms with Crippen molar-refractivity contribution in [1.82, 2.24) is 9.88 Å². The average molecular weight is 462 g/mol. The number of aromatic nitrogens is 1.